The van der Waals surface area contributed by atoms with Crippen LogP contribution in [0, 0.1) is 71.0 Å². The molecule has 22 unspecified atom stereocenters. The zero-order chi connectivity index (χ0) is 88.0. The molecule has 4 aliphatic carbocycles. The van der Waals surface area contributed by atoms with Gasteiger partial charge in [-0.15, -0.1) is 0 Å². The third-order valence-corrected chi connectivity index (χ3v) is 33.3. The molecule has 126 heavy (non-hydrogen) atoms. The van der Waals surface area contributed by atoms with E-state index >= 15 is 0 Å². The quantitative estimate of drug-likeness (QED) is 0.0270. The fourth-order valence-electron chi connectivity index (χ4n) is 25.9. The lowest BCUT2D eigenvalue weighted by Gasteiger charge is -2.43. The molecule has 22 atom stereocenters. The number of methoxy groups -OCH3 is 2. The average molecular weight is 1770 g/mol. The van der Waals surface area contributed by atoms with Gasteiger partial charge in [-0.3, -0.25) is 42.5 Å². The van der Waals surface area contributed by atoms with Crippen molar-refractivity contribution in [2.75, 3.05) is 93.5 Å². The summed E-state index contributed by atoms with van der Waals surface area (Å²) in [5, 5.41) is 37.0. The molecule has 5 heterocycles. The summed E-state index contributed by atoms with van der Waals surface area (Å²) >= 11 is 0. The van der Waals surface area contributed by atoms with Gasteiger partial charge in [0.1, 0.15) is 0 Å². The number of rotatable bonds is 80. The molecule has 0 amide bonds. The van der Waals surface area contributed by atoms with Crippen molar-refractivity contribution in [1.29, 1.82) is 0 Å². The minimum absolute atomic E-state index is 0.167. The van der Waals surface area contributed by atoms with Crippen molar-refractivity contribution in [3.63, 3.8) is 0 Å². The van der Waals surface area contributed by atoms with Crippen LogP contribution in [0.4, 0.5) is 0 Å². The number of fused-ring (bicyclic) bond motifs is 20. The van der Waals surface area contributed by atoms with Gasteiger partial charge in [0.15, 0.2) is 0 Å². The predicted octanol–water partition coefficient (Wildman–Crippen LogP) is 26.3. The molecule has 9 fully saturated rings. The maximum Gasteiger partial charge on any atom is 0.0704 e. The van der Waals surface area contributed by atoms with Crippen LogP contribution in [0.5, 0.6) is 0 Å². The molecule has 16 nitrogen and oxygen atoms in total. The molecule has 5 saturated heterocycles. The summed E-state index contributed by atoms with van der Waals surface area (Å²) in [6, 6.07) is 0. The molecule has 0 aromatic heterocycles. The molecular weight excluding hydrogens is 1560 g/mol. The second-order valence-corrected chi connectivity index (χ2v) is 43.0. The number of unbranched alkanes of at least 4 members (excludes halogenated alkanes) is 52. The van der Waals surface area contributed by atoms with Gasteiger partial charge >= 0.3 is 0 Å². The molecule has 4 saturated carbocycles. The Morgan fingerprint density at radius 3 is 0.540 bits per heavy atom. The molecule has 5 aliphatic heterocycles. The highest BCUT2D eigenvalue weighted by molar-refractivity contribution is 5.11. The van der Waals surface area contributed by atoms with E-state index in [9.17, 15) is 0 Å². The van der Waals surface area contributed by atoms with Gasteiger partial charge in [-0.05, 0) is 135 Å². The molecule has 9 aliphatic rings. The largest absolute Gasteiger partial charge is 0.382 e. The van der Waals surface area contributed by atoms with E-state index in [0.29, 0.717) is 127 Å². The van der Waals surface area contributed by atoms with E-state index in [-0.39, 0.29) is 61.5 Å². The van der Waals surface area contributed by atoms with E-state index in [1.165, 1.54) is 411 Å². The molecule has 0 aromatic carbocycles. The van der Waals surface area contributed by atoms with Gasteiger partial charge < -0.3 is 37.9 Å². The normalized spacial score (nSPS) is 30.0. The van der Waals surface area contributed by atoms with E-state index in [1.54, 1.807) is 14.2 Å². The Bertz CT molecular complexity index is 2340. The first kappa shape index (κ1) is 109. The van der Waals surface area contributed by atoms with Gasteiger partial charge in [-0.1, -0.05) is 413 Å². The summed E-state index contributed by atoms with van der Waals surface area (Å²) in [5.74, 6) is 7.34. The van der Waals surface area contributed by atoms with Gasteiger partial charge in [0.2, 0.25) is 0 Å². The minimum atomic E-state index is 0.167. The molecule has 8 N–H and O–H groups in total. The van der Waals surface area contributed by atoms with Crippen molar-refractivity contribution in [3.05, 3.63) is 0 Å². The van der Waals surface area contributed by atoms with E-state index in [0.717, 1.165) is 62.2 Å². The summed E-state index contributed by atoms with van der Waals surface area (Å²) < 4.78 is 48.1. The first-order chi connectivity index (χ1) is 62.4. The molecule has 0 radical (unpaired) electrons. The number of ether oxygens (including phenoxy) is 8. The maximum atomic E-state index is 6.92. The summed E-state index contributed by atoms with van der Waals surface area (Å²) in [5.41, 5.74) is 0. The Balaban J connectivity index is 0.951. The fraction of sp³-hybridized carbons (Fsp3) is 1.00. The molecule has 740 valence electrons. The monoisotopic (exact) mass is 1770 g/mol. The maximum absolute atomic E-state index is 6.92. The van der Waals surface area contributed by atoms with Crippen LogP contribution in [0.1, 0.15) is 477 Å². The first-order valence-electron chi connectivity index (χ1n) is 57.0. The standard InChI is InChI=1S/C110H212N8O8/c1-7-11-15-19-23-27-31-35-39-43-47-51-55-59-63-89-83-97-99(85-91(89)65-61-57-53-49-45-41-37-33-29-25-21-17-13-9-3)107-115-105(97)114-106-98-84-90(64-60-56-52-48-44-40-36-32-28-24-20-16-12-8-2)92(66-62-58-54-50-46-42-38-34-30-26-22-18-14-10-4)86-100(98)108(116-106)118-110-102-88-94(126-82-80-124-78-76-122-74-72-120-6)68-70-96(102)104(113-110)111-103-95-69-67-93(87-101(95)109(112-103)117-107)125-81-79-123-77-75-121-73-71-119-5/h89-118H,7-88H2,1-6H3. The van der Waals surface area contributed by atoms with Gasteiger partial charge in [-0.25, -0.2) is 0 Å². The smallest absolute Gasteiger partial charge is 0.0704 e. The molecule has 0 aromatic rings. The SMILES string of the molecule is CCCCCCCCCCCCCCCCC1CC2C3NC4NC(NC5NC(NC6NC(NC(N3)C2CC1CCCCCCCCCCCCCCCC)C1CC(CCCCCCCCCCCCCCCC)C(CCCCCCCCCCCCCCCC)CC61)C1CC(OCCOCCOCCOC)CCC51)C1CCC(OCCOCCOCCOC)CC41. The number of hydrogen-bond acceptors (Lipinski definition) is 16. The van der Waals surface area contributed by atoms with Crippen molar-refractivity contribution in [2.24, 2.45) is 71.0 Å². The van der Waals surface area contributed by atoms with Crippen molar-refractivity contribution < 1.29 is 37.9 Å². The summed E-state index contributed by atoms with van der Waals surface area (Å²) in [6.45, 7) is 16.6. The van der Waals surface area contributed by atoms with Crippen molar-refractivity contribution in [1.82, 2.24) is 42.5 Å². The van der Waals surface area contributed by atoms with Crippen molar-refractivity contribution >= 4 is 0 Å². The highest BCUT2D eigenvalue weighted by atomic mass is 16.6. The van der Waals surface area contributed by atoms with E-state index < -0.39 is 0 Å². The lowest BCUT2D eigenvalue weighted by molar-refractivity contribution is -0.0422. The molecule has 0 spiro atoms. The van der Waals surface area contributed by atoms with Crippen LogP contribution < -0.4 is 42.5 Å². The minimum Gasteiger partial charge on any atom is -0.382 e. The Morgan fingerprint density at radius 2 is 0.341 bits per heavy atom. The molecule has 8 bridgehead atoms. The summed E-state index contributed by atoms with van der Waals surface area (Å²) in [6.07, 6.45) is 99.9. The second-order valence-electron chi connectivity index (χ2n) is 43.0. The topological polar surface area (TPSA) is 170 Å². The zero-order valence-corrected chi connectivity index (χ0v) is 84.0. The lowest BCUT2D eigenvalue weighted by Crippen LogP contribution is -2.61. The predicted molar refractivity (Wildman–Crippen MR) is 530 cm³/mol. The zero-order valence-electron chi connectivity index (χ0n) is 84.0. The first-order valence-corrected chi connectivity index (χ1v) is 57.0. The Hall–Kier alpha value is -0.640. The number of nitrogens with one attached hydrogen (secondary N) is 8. The van der Waals surface area contributed by atoms with E-state index in [4.69, 9.17) is 43.2 Å². The Labute approximate surface area is 779 Å². The number of hydrogen-bond donors (Lipinski definition) is 8. The second kappa shape index (κ2) is 70.9. The van der Waals surface area contributed by atoms with Crippen LogP contribution >= 0.6 is 0 Å². The van der Waals surface area contributed by atoms with Crippen LogP contribution in [0.2, 0.25) is 0 Å². The van der Waals surface area contributed by atoms with Crippen molar-refractivity contribution in [3.8, 4) is 0 Å². The molecular formula is C110H212N8O8. The average Bonchev–Trinajstić information content (AvgIpc) is 1.59. The molecule has 16 heteroatoms. The van der Waals surface area contributed by atoms with E-state index in [1.807, 2.05) is 0 Å². The van der Waals surface area contributed by atoms with Crippen LogP contribution in [0.25, 0.3) is 0 Å². The van der Waals surface area contributed by atoms with Crippen LogP contribution in [0.3, 0.4) is 0 Å². The Morgan fingerprint density at radius 1 is 0.175 bits per heavy atom. The third kappa shape index (κ3) is 43.0. The van der Waals surface area contributed by atoms with Crippen molar-refractivity contribution in [2.45, 2.75) is 539 Å². The lowest BCUT2D eigenvalue weighted by atomic mass is 9.64. The van der Waals surface area contributed by atoms with Crippen LogP contribution in [0.15, 0.2) is 0 Å². The van der Waals surface area contributed by atoms with Gasteiger partial charge in [0.25, 0.3) is 0 Å². The molecule has 9 rings (SSSR count). The Kier molecular flexibility index (Phi) is 61.4. The fourth-order valence-corrected chi connectivity index (χ4v) is 25.9. The highest BCUT2D eigenvalue weighted by Gasteiger charge is 2.58. The van der Waals surface area contributed by atoms with Gasteiger partial charge in [0.05, 0.1) is 141 Å². The van der Waals surface area contributed by atoms with E-state index in [2.05, 4.69) is 64.9 Å². The van der Waals surface area contributed by atoms with Gasteiger partial charge in [0, 0.05) is 14.2 Å². The summed E-state index contributed by atoms with van der Waals surface area (Å²) in [4.78, 5) is 0. The highest BCUT2D eigenvalue weighted by Crippen LogP contribution is 2.52. The third-order valence-electron chi connectivity index (χ3n) is 33.3. The summed E-state index contributed by atoms with van der Waals surface area (Å²) in [7, 11) is 3.46. The van der Waals surface area contributed by atoms with Crippen LogP contribution in [-0.2, 0) is 37.9 Å². The van der Waals surface area contributed by atoms with Crippen LogP contribution in [-0.4, -0.2) is 155 Å². The van der Waals surface area contributed by atoms with Gasteiger partial charge in [-0.2, -0.15) is 0 Å².